The fourth-order valence-electron chi connectivity index (χ4n) is 3.76. The number of H-pyrrole nitrogens is 1. The van der Waals surface area contributed by atoms with E-state index in [1.807, 2.05) is 66.1 Å². The topological polar surface area (TPSA) is 56.4 Å². The maximum absolute atomic E-state index is 12.9. The lowest BCUT2D eigenvalue weighted by Crippen LogP contribution is -2.50. The maximum Gasteiger partial charge on any atom is 0.256 e. The lowest BCUT2D eigenvalue weighted by molar-refractivity contribution is 0.0536. The number of aromatic amines is 1. The number of aryl methyl sites for hydroxylation is 2. The summed E-state index contributed by atoms with van der Waals surface area (Å²) in [4.78, 5) is 32.6. The third-order valence-electron chi connectivity index (χ3n) is 5.29. The van der Waals surface area contributed by atoms with Crippen LogP contribution in [0.3, 0.4) is 0 Å². The van der Waals surface area contributed by atoms with Crippen LogP contribution in [0.15, 0.2) is 48.7 Å². The smallest absolute Gasteiger partial charge is 0.256 e. The van der Waals surface area contributed by atoms with Gasteiger partial charge in [0, 0.05) is 48.8 Å². The number of para-hydroxylation sites is 1. The summed E-state index contributed by atoms with van der Waals surface area (Å²) in [6, 6.07) is 13.7. The molecule has 0 unspecified atom stereocenters. The zero-order chi connectivity index (χ0) is 19.0. The highest BCUT2D eigenvalue weighted by atomic mass is 16.2. The highest BCUT2D eigenvalue weighted by Gasteiger charge is 2.27. The number of amides is 2. The van der Waals surface area contributed by atoms with Crippen LogP contribution in [0.5, 0.6) is 0 Å². The van der Waals surface area contributed by atoms with E-state index in [1.165, 1.54) is 0 Å². The Balaban J connectivity index is 1.45. The van der Waals surface area contributed by atoms with Gasteiger partial charge in [0.25, 0.3) is 11.8 Å². The fourth-order valence-corrected chi connectivity index (χ4v) is 3.76. The number of rotatable bonds is 2. The van der Waals surface area contributed by atoms with E-state index in [-0.39, 0.29) is 11.8 Å². The van der Waals surface area contributed by atoms with Crippen molar-refractivity contribution in [2.45, 2.75) is 13.8 Å². The molecule has 0 radical (unpaired) electrons. The van der Waals surface area contributed by atoms with E-state index in [0.717, 1.165) is 27.6 Å². The van der Waals surface area contributed by atoms with Crippen molar-refractivity contribution in [1.29, 1.82) is 0 Å². The Morgan fingerprint density at radius 3 is 2.15 bits per heavy atom. The van der Waals surface area contributed by atoms with E-state index >= 15 is 0 Å². The fraction of sp³-hybridized carbons (Fsp3) is 0.273. The second-order valence-corrected chi connectivity index (χ2v) is 7.15. The molecule has 27 heavy (non-hydrogen) atoms. The summed E-state index contributed by atoms with van der Waals surface area (Å²) in [6.45, 7) is 6.21. The molecule has 0 aliphatic carbocycles. The number of carbonyl (C=O) groups excluding carboxylic acids is 2. The normalized spacial score (nSPS) is 14.6. The molecule has 0 saturated carbocycles. The van der Waals surface area contributed by atoms with E-state index in [9.17, 15) is 9.59 Å². The lowest BCUT2D eigenvalue weighted by atomic mass is 10.0. The molecule has 2 heterocycles. The number of piperazine rings is 1. The lowest BCUT2D eigenvalue weighted by Gasteiger charge is -2.35. The van der Waals surface area contributed by atoms with Crippen LogP contribution in [-0.2, 0) is 0 Å². The molecular weight excluding hydrogens is 338 g/mol. The van der Waals surface area contributed by atoms with Gasteiger partial charge in [0.1, 0.15) is 0 Å². The Bertz CT molecular complexity index is 1010. The minimum absolute atomic E-state index is 0.0195. The first-order chi connectivity index (χ1) is 13.0. The Labute approximate surface area is 158 Å². The molecule has 1 aromatic heterocycles. The molecule has 1 saturated heterocycles. The van der Waals surface area contributed by atoms with E-state index in [2.05, 4.69) is 4.98 Å². The van der Waals surface area contributed by atoms with Gasteiger partial charge < -0.3 is 14.8 Å². The SMILES string of the molecule is Cc1ccc(C(=O)N2CCN(C(=O)c3c[nH]c4ccccc34)CC2)c(C)c1. The first-order valence-electron chi connectivity index (χ1n) is 9.26. The number of nitrogens with one attached hydrogen (secondary N) is 1. The highest BCUT2D eigenvalue weighted by molar-refractivity contribution is 6.06. The van der Waals surface area contributed by atoms with Crippen LogP contribution in [0.1, 0.15) is 31.8 Å². The van der Waals surface area contributed by atoms with Gasteiger partial charge in [-0.05, 0) is 31.5 Å². The largest absolute Gasteiger partial charge is 0.360 e. The molecular formula is C22H23N3O2. The van der Waals surface area contributed by atoms with Crippen molar-refractivity contribution < 1.29 is 9.59 Å². The minimum atomic E-state index is 0.0195. The molecule has 2 amide bonds. The van der Waals surface area contributed by atoms with Crippen LogP contribution in [-0.4, -0.2) is 52.8 Å². The van der Waals surface area contributed by atoms with Crippen molar-refractivity contribution in [2.24, 2.45) is 0 Å². The third-order valence-corrected chi connectivity index (χ3v) is 5.29. The van der Waals surface area contributed by atoms with Crippen molar-refractivity contribution in [1.82, 2.24) is 14.8 Å². The van der Waals surface area contributed by atoms with Gasteiger partial charge in [-0.3, -0.25) is 9.59 Å². The molecule has 1 fully saturated rings. The first-order valence-corrected chi connectivity index (χ1v) is 9.26. The van der Waals surface area contributed by atoms with E-state index < -0.39 is 0 Å². The number of carbonyl (C=O) groups is 2. The van der Waals surface area contributed by atoms with Gasteiger partial charge in [0.15, 0.2) is 0 Å². The molecule has 138 valence electrons. The van der Waals surface area contributed by atoms with E-state index in [4.69, 9.17) is 0 Å². The number of nitrogens with zero attached hydrogens (tertiary/aromatic N) is 2. The maximum atomic E-state index is 12.9. The van der Waals surface area contributed by atoms with Gasteiger partial charge in [0.05, 0.1) is 5.56 Å². The van der Waals surface area contributed by atoms with Crippen molar-refractivity contribution in [3.05, 3.63) is 70.9 Å². The molecule has 0 bridgehead atoms. The quantitative estimate of drug-likeness (QED) is 0.761. The summed E-state index contributed by atoms with van der Waals surface area (Å²) in [5, 5.41) is 0.941. The summed E-state index contributed by atoms with van der Waals surface area (Å²) >= 11 is 0. The van der Waals surface area contributed by atoms with E-state index in [1.54, 1.807) is 6.20 Å². The summed E-state index contributed by atoms with van der Waals surface area (Å²) < 4.78 is 0. The van der Waals surface area contributed by atoms with Gasteiger partial charge in [-0.1, -0.05) is 35.9 Å². The van der Waals surface area contributed by atoms with Gasteiger partial charge in [-0.25, -0.2) is 0 Å². The van der Waals surface area contributed by atoms with Crippen LogP contribution in [0, 0.1) is 13.8 Å². The van der Waals surface area contributed by atoms with Crippen LogP contribution in [0.25, 0.3) is 10.9 Å². The minimum Gasteiger partial charge on any atom is -0.360 e. The van der Waals surface area contributed by atoms with E-state index in [0.29, 0.717) is 31.7 Å². The average molecular weight is 361 g/mol. The van der Waals surface area contributed by atoms with Crippen molar-refractivity contribution in [3.63, 3.8) is 0 Å². The third kappa shape index (κ3) is 3.21. The molecule has 1 aliphatic rings. The average Bonchev–Trinajstić information content (AvgIpc) is 3.11. The molecule has 3 aromatic rings. The van der Waals surface area contributed by atoms with Crippen LogP contribution in [0.2, 0.25) is 0 Å². The first kappa shape index (κ1) is 17.3. The summed E-state index contributed by atoms with van der Waals surface area (Å²) in [6.07, 6.45) is 1.78. The predicted molar refractivity (Wildman–Crippen MR) is 106 cm³/mol. The highest BCUT2D eigenvalue weighted by Crippen LogP contribution is 2.21. The number of benzene rings is 2. The Morgan fingerprint density at radius 2 is 1.48 bits per heavy atom. The molecule has 5 nitrogen and oxygen atoms in total. The number of fused-ring (bicyclic) bond motifs is 1. The zero-order valence-electron chi connectivity index (χ0n) is 15.7. The number of aromatic nitrogens is 1. The molecule has 5 heteroatoms. The van der Waals surface area contributed by atoms with Gasteiger partial charge in [-0.2, -0.15) is 0 Å². The molecule has 1 N–H and O–H groups in total. The van der Waals surface area contributed by atoms with Gasteiger partial charge >= 0.3 is 0 Å². The molecule has 4 rings (SSSR count). The molecule has 2 aromatic carbocycles. The Hall–Kier alpha value is -3.08. The predicted octanol–water partition coefficient (Wildman–Crippen LogP) is 3.38. The standard InChI is InChI=1S/C22H23N3O2/c1-15-7-8-17(16(2)13-15)21(26)24-9-11-25(12-10-24)22(27)19-14-23-20-6-4-3-5-18(19)20/h3-8,13-14,23H,9-12H2,1-2H3. The second-order valence-electron chi connectivity index (χ2n) is 7.15. The summed E-state index contributed by atoms with van der Waals surface area (Å²) in [5.74, 6) is 0.0674. The second kappa shape index (κ2) is 6.91. The molecule has 0 atom stereocenters. The number of hydrogen-bond acceptors (Lipinski definition) is 2. The summed E-state index contributed by atoms with van der Waals surface area (Å²) in [7, 11) is 0. The monoisotopic (exact) mass is 361 g/mol. The van der Waals surface area contributed by atoms with Gasteiger partial charge in [0.2, 0.25) is 0 Å². The Morgan fingerprint density at radius 1 is 0.852 bits per heavy atom. The number of hydrogen-bond donors (Lipinski definition) is 1. The van der Waals surface area contributed by atoms with Crippen LogP contribution < -0.4 is 0 Å². The zero-order valence-corrected chi connectivity index (χ0v) is 15.7. The molecule has 0 spiro atoms. The van der Waals surface area contributed by atoms with Crippen molar-refractivity contribution in [2.75, 3.05) is 26.2 Å². The van der Waals surface area contributed by atoms with Gasteiger partial charge in [-0.15, -0.1) is 0 Å². The van der Waals surface area contributed by atoms with Crippen molar-refractivity contribution in [3.8, 4) is 0 Å². The Kier molecular flexibility index (Phi) is 4.44. The molecule has 1 aliphatic heterocycles. The summed E-state index contributed by atoms with van der Waals surface area (Å²) in [5.41, 5.74) is 4.55. The van der Waals surface area contributed by atoms with Crippen LogP contribution >= 0.6 is 0 Å². The van der Waals surface area contributed by atoms with Crippen LogP contribution in [0.4, 0.5) is 0 Å². The van der Waals surface area contributed by atoms with Crippen molar-refractivity contribution >= 4 is 22.7 Å².